The number of nitrogens with one attached hydrogen (secondary N) is 4. The van der Waals surface area contributed by atoms with Crippen LogP contribution in [-0.2, 0) is 68.4 Å². The maximum absolute atomic E-state index is 12.9. The van der Waals surface area contributed by atoms with E-state index < -0.39 is 23.4 Å². The second-order valence-corrected chi connectivity index (χ2v) is 15.4. The van der Waals surface area contributed by atoms with Crippen molar-refractivity contribution >= 4 is 63.2 Å². The molecule has 1 saturated heterocycles. The number of carbonyl (C=O) groups is 6. The smallest absolute Gasteiger partial charge is 0.340 e. The van der Waals surface area contributed by atoms with Crippen LogP contribution in [0.4, 0.5) is 5.69 Å². The molecule has 2 aromatic heterocycles. The summed E-state index contributed by atoms with van der Waals surface area (Å²) in [6.45, 7) is 7.50. The fourth-order valence-corrected chi connectivity index (χ4v) is 6.51. The second-order valence-electron chi connectivity index (χ2n) is 15.4. The molecule has 0 unspecified atom stereocenters. The highest BCUT2D eigenvalue weighted by molar-refractivity contribution is 6.01. The summed E-state index contributed by atoms with van der Waals surface area (Å²) in [5, 5.41) is 20.1. The van der Waals surface area contributed by atoms with Crippen LogP contribution in [0.1, 0.15) is 53.6 Å². The summed E-state index contributed by atoms with van der Waals surface area (Å²) >= 11 is 0. The molecule has 4 N–H and O–H groups in total. The molecule has 0 atom stereocenters. The first-order valence-electron chi connectivity index (χ1n) is 23.0. The van der Waals surface area contributed by atoms with Crippen LogP contribution in [-0.4, -0.2) is 170 Å². The van der Waals surface area contributed by atoms with Crippen molar-refractivity contribution in [1.82, 2.24) is 31.3 Å². The first-order chi connectivity index (χ1) is 34.1. The second kappa shape index (κ2) is 30.9. The van der Waals surface area contributed by atoms with Gasteiger partial charge in [0.15, 0.2) is 0 Å². The molecule has 0 saturated carbocycles. The van der Waals surface area contributed by atoms with Gasteiger partial charge in [-0.15, -0.1) is 5.06 Å². The van der Waals surface area contributed by atoms with Crippen LogP contribution in [0.15, 0.2) is 50.2 Å². The van der Waals surface area contributed by atoms with Crippen LogP contribution in [0, 0.1) is 6.92 Å². The Bertz CT molecular complexity index is 2360. The third-order valence-corrected chi connectivity index (χ3v) is 10.2. The lowest BCUT2D eigenvalue weighted by Crippen LogP contribution is -2.32. The van der Waals surface area contributed by atoms with Crippen LogP contribution < -0.4 is 26.9 Å². The van der Waals surface area contributed by atoms with Crippen molar-refractivity contribution in [2.75, 3.05) is 124 Å². The number of amides is 5. The van der Waals surface area contributed by atoms with Gasteiger partial charge in [-0.25, -0.2) is 14.2 Å². The molecule has 4 aromatic rings. The minimum Gasteiger partial charge on any atom is -0.422 e. The molecule has 1 aliphatic heterocycles. The van der Waals surface area contributed by atoms with E-state index in [0.717, 1.165) is 0 Å². The lowest BCUT2D eigenvalue weighted by atomic mass is 10.0. The van der Waals surface area contributed by atoms with E-state index in [9.17, 15) is 33.6 Å². The first-order valence-corrected chi connectivity index (χ1v) is 23.0. The summed E-state index contributed by atoms with van der Waals surface area (Å²) in [6, 6.07) is 10.1. The molecule has 1 fully saturated rings. The van der Waals surface area contributed by atoms with Gasteiger partial charge in [-0.1, -0.05) is 0 Å². The van der Waals surface area contributed by atoms with Gasteiger partial charge < -0.3 is 63.7 Å². The Labute approximate surface area is 402 Å². The number of carbonyl (C=O) groups excluding carboxylic acids is 6. The van der Waals surface area contributed by atoms with Crippen molar-refractivity contribution in [3.8, 4) is 0 Å². The Kier molecular flexibility index (Phi) is 24.1. The van der Waals surface area contributed by atoms with Gasteiger partial charge in [-0.2, -0.15) is 0 Å². The number of benzene rings is 2. The molecule has 3 heterocycles. The number of aromatic nitrogens is 2. The van der Waals surface area contributed by atoms with Crippen LogP contribution in [0.5, 0.6) is 0 Å². The molecule has 2 aromatic carbocycles. The zero-order chi connectivity index (χ0) is 49.8. The van der Waals surface area contributed by atoms with Gasteiger partial charge in [0.1, 0.15) is 16.6 Å². The summed E-state index contributed by atoms with van der Waals surface area (Å²) in [4.78, 5) is 89.6. The third-order valence-electron chi connectivity index (χ3n) is 10.2. The number of hydrogen-bond acceptors (Lipinski definition) is 20. The number of imide groups is 1. The van der Waals surface area contributed by atoms with Crippen molar-refractivity contribution in [3.63, 3.8) is 0 Å². The number of anilines is 1. The molecular formula is C46H61N7O17. The van der Waals surface area contributed by atoms with Crippen molar-refractivity contribution in [3.05, 3.63) is 63.5 Å². The van der Waals surface area contributed by atoms with E-state index in [4.69, 9.17) is 42.4 Å². The predicted molar refractivity (Wildman–Crippen MR) is 246 cm³/mol. The highest BCUT2D eigenvalue weighted by Crippen LogP contribution is 2.23. The zero-order valence-corrected chi connectivity index (χ0v) is 39.2. The van der Waals surface area contributed by atoms with Crippen molar-refractivity contribution in [2.24, 2.45) is 0 Å². The maximum atomic E-state index is 12.9. The Morgan fingerprint density at radius 3 is 1.86 bits per heavy atom. The minimum atomic E-state index is -0.729. The average Bonchev–Trinajstić information content (AvgIpc) is 3.96. The van der Waals surface area contributed by atoms with E-state index in [1.54, 1.807) is 43.3 Å². The largest absolute Gasteiger partial charge is 0.422 e. The normalized spacial score (nSPS) is 12.5. The lowest BCUT2D eigenvalue weighted by Gasteiger charge is -2.12. The predicted octanol–water partition coefficient (Wildman–Crippen LogP) is 1.15. The van der Waals surface area contributed by atoms with E-state index >= 15 is 0 Å². The fourth-order valence-electron chi connectivity index (χ4n) is 6.51. The van der Waals surface area contributed by atoms with Crippen molar-refractivity contribution in [1.29, 1.82) is 0 Å². The van der Waals surface area contributed by atoms with Gasteiger partial charge in [-0.05, 0) is 66.0 Å². The first kappa shape index (κ1) is 54.5. The average molecular weight is 984 g/mol. The van der Waals surface area contributed by atoms with Gasteiger partial charge in [-0.3, -0.25) is 24.0 Å². The standard InChI is InChI=1S/C46H61N7O17/c1-32-35-6-5-34(50-31-41(55)48-13-17-64-21-25-67-27-26-66-24-20-63-16-10-44(58)69-53-42(56)8-9-43(53)57)29-39(35)68-46(60)36(32)30-40(54)47-11-2-14-61-18-22-65-23-19-62-15-3-12-49-45(59)33-4-7-37-38(28-33)52-70-51-37/h4-7,28-29,50H,2-3,8-27,30-31H2,1H3,(H,47,54)(H,48,55)(H,49,59). The molecule has 0 radical (unpaired) electrons. The molecule has 24 nitrogen and oxygen atoms in total. The number of hydrogen-bond donors (Lipinski definition) is 4. The SMILES string of the molecule is Cc1c(CC(=O)NCCCOCCOCCOCCCNC(=O)c2ccc3nonc3c2)c(=O)oc2cc(NCC(=O)NCCOCCOCCOCCOCCC(=O)ON3C(=O)CCC3=O)ccc12. The topological polar surface area (TPSA) is 297 Å². The van der Waals surface area contributed by atoms with Gasteiger partial charge in [0.05, 0.1) is 104 Å². The van der Waals surface area contributed by atoms with Gasteiger partial charge in [0.25, 0.3) is 17.7 Å². The van der Waals surface area contributed by atoms with Crippen LogP contribution in [0.3, 0.4) is 0 Å². The summed E-state index contributed by atoms with van der Waals surface area (Å²) in [5.41, 5.74) is 2.77. The van der Waals surface area contributed by atoms with Crippen LogP contribution in [0.2, 0.25) is 0 Å². The summed E-state index contributed by atoms with van der Waals surface area (Å²) in [5.74, 6) is -2.59. The lowest BCUT2D eigenvalue weighted by molar-refractivity contribution is -0.198. The molecule has 0 bridgehead atoms. The monoisotopic (exact) mass is 983 g/mol. The van der Waals surface area contributed by atoms with Crippen LogP contribution in [0.25, 0.3) is 22.0 Å². The fraction of sp³-hybridized carbons (Fsp3) is 0.543. The molecule has 0 aliphatic carbocycles. The summed E-state index contributed by atoms with van der Waals surface area (Å²) in [7, 11) is 0. The molecule has 70 heavy (non-hydrogen) atoms. The highest BCUT2D eigenvalue weighted by Gasteiger charge is 2.32. The Hall–Kier alpha value is -6.41. The summed E-state index contributed by atoms with van der Waals surface area (Å²) in [6.07, 6.45) is 1.04. The van der Waals surface area contributed by atoms with Crippen LogP contribution >= 0.6 is 0 Å². The quantitative estimate of drug-likeness (QED) is 0.0282. The number of ether oxygens (including phenoxy) is 7. The molecule has 5 amide bonds. The Balaban J connectivity index is 0.798. The van der Waals surface area contributed by atoms with Crippen molar-refractivity contribution in [2.45, 2.75) is 45.4 Å². The number of rotatable bonds is 36. The zero-order valence-electron chi connectivity index (χ0n) is 39.2. The number of nitrogens with zero attached hydrogens (tertiary/aromatic N) is 3. The molecular weight excluding hydrogens is 923 g/mol. The van der Waals surface area contributed by atoms with Gasteiger partial charge >= 0.3 is 11.6 Å². The number of aryl methyl sites for hydroxylation is 1. The third kappa shape index (κ3) is 19.5. The van der Waals surface area contributed by atoms with Gasteiger partial charge in [0.2, 0.25) is 11.8 Å². The minimum absolute atomic E-state index is 0.0261. The number of fused-ring (bicyclic) bond motifs is 2. The van der Waals surface area contributed by atoms with E-state index in [1.165, 1.54) is 0 Å². The molecule has 5 rings (SSSR count). The van der Waals surface area contributed by atoms with Gasteiger partial charge in [0, 0.05) is 68.4 Å². The molecule has 0 spiro atoms. The Morgan fingerprint density at radius 2 is 1.20 bits per heavy atom. The highest BCUT2D eigenvalue weighted by atomic mass is 16.7. The molecule has 24 heteroatoms. The molecule has 382 valence electrons. The molecule has 1 aliphatic rings. The maximum Gasteiger partial charge on any atom is 0.340 e. The van der Waals surface area contributed by atoms with E-state index in [0.29, 0.717) is 136 Å². The van der Waals surface area contributed by atoms with E-state index in [-0.39, 0.29) is 88.5 Å². The summed E-state index contributed by atoms with van der Waals surface area (Å²) < 4.78 is 48.5. The van der Waals surface area contributed by atoms with E-state index in [1.807, 2.05) is 0 Å². The van der Waals surface area contributed by atoms with E-state index in [2.05, 4.69) is 36.2 Å². The Morgan fingerprint density at radius 1 is 0.629 bits per heavy atom. The number of hydroxylamine groups is 2. The van der Waals surface area contributed by atoms with Crippen molar-refractivity contribution < 1.29 is 75.8 Å².